The van der Waals surface area contributed by atoms with Gasteiger partial charge in [0, 0.05) is 6.07 Å². The molecule has 3 N–H and O–H groups in total. The third kappa shape index (κ3) is 1.37. The minimum Gasteiger partial charge on any atom is -0.299 e. The summed E-state index contributed by atoms with van der Waals surface area (Å²) in [5, 5.41) is 21.1. The van der Waals surface area contributed by atoms with Crippen molar-refractivity contribution in [1.29, 1.82) is 0 Å². The molecular weight excluding hydrogens is 212 g/mol. The molecule has 0 saturated carbocycles. The molecule has 0 bridgehead atoms. The van der Waals surface area contributed by atoms with Gasteiger partial charge in [0.25, 0.3) is 5.69 Å². The van der Waals surface area contributed by atoms with Gasteiger partial charge in [-0.05, 0) is 18.9 Å². The van der Waals surface area contributed by atoms with Crippen molar-refractivity contribution in [2.24, 2.45) is 0 Å². The molecule has 1 aromatic rings. The Kier molecular flexibility index (Phi) is 2.41. The first-order valence-electron chi connectivity index (χ1n) is 4.87. The molecule has 0 aromatic heterocycles. The number of benzene rings is 1. The van der Waals surface area contributed by atoms with Gasteiger partial charge in [-0.15, -0.1) is 5.53 Å². The lowest BCUT2D eigenvalue weighted by Crippen LogP contribution is -2.32. The van der Waals surface area contributed by atoms with Crippen LogP contribution in [0.1, 0.15) is 18.1 Å². The van der Waals surface area contributed by atoms with E-state index in [2.05, 4.69) is 11.0 Å². The lowest BCUT2D eigenvalue weighted by atomic mass is 10.0. The number of hydrazine groups is 2. The second-order valence-electron chi connectivity index (χ2n) is 3.56. The number of fused-ring (bicyclic) bond motifs is 1. The van der Waals surface area contributed by atoms with Gasteiger partial charge in [-0.3, -0.25) is 20.7 Å². The van der Waals surface area contributed by atoms with Crippen LogP contribution in [0.25, 0.3) is 0 Å². The van der Waals surface area contributed by atoms with E-state index in [0.717, 1.165) is 10.7 Å². The molecule has 16 heavy (non-hydrogen) atoms. The molecule has 2 rings (SSSR count). The Hall–Kier alpha value is -1.86. The molecule has 7 heteroatoms. The van der Waals surface area contributed by atoms with E-state index in [0.29, 0.717) is 23.4 Å². The number of anilines is 2. The van der Waals surface area contributed by atoms with E-state index in [1.54, 1.807) is 6.92 Å². The zero-order valence-corrected chi connectivity index (χ0v) is 8.94. The summed E-state index contributed by atoms with van der Waals surface area (Å²) < 4.78 is 0. The normalized spacial score (nSPS) is 13.6. The number of hydrogen-bond donors (Lipinski definition) is 3. The highest BCUT2D eigenvalue weighted by molar-refractivity contribution is 5.82. The number of nitrogens with one attached hydrogen (secondary N) is 2. The lowest BCUT2D eigenvalue weighted by Gasteiger charge is -2.11. The number of nitro groups is 1. The molecule has 0 saturated heterocycles. The van der Waals surface area contributed by atoms with Crippen molar-refractivity contribution in [2.45, 2.75) is 20.3 Å². The molecule has 1 heterocycles. The molecule has 1 aliphatic heterocycles. The Morgan fingerprint density at radius 1 is 1.62 bits per heavy atom. The highest BCUT2D eigenvalue weighted by Crippen LogP contribution is 2.40. The highest BCUT2D eigenvalue weighted by Gasteiger charge is 2.28. The van der Waals surface area contributed by atoms with E-state index in [9.17, 15) is 15.3 Å². The fraction of sp³-hybridized carbons (Fsp3) is 0.333. The Balaban J connectivity index is 2.70. The summed E-state index contributed by atoms with van der Waals surface area (Å²) in [6.45, 7) is 3.50. The molecule has 0 radical (unpaired) electrons. The SMILES string of the molecule is CCc1cc([N+](=O)[O-])c(C)c2c1NNN2O. The lowest BCUT2D eigenvalue weighted by molar-refractivity contribution is -0.385. The predicted octanol–water partition coefficient (Wildman–Crippen LogP) is 1.51. The minimum atomic E-state index is -0.444. The van der Waals surface area contributed by atoms with Crippen LogP contribution in [-0.2, 0) is 6.42 Å². The van der Waals surface area contributed by atoms with Crippen LogP contribution in [0.15, 0.2) is 6.07 Å². The largest absolute Gasteiger partial charge is 0.299 e. The number of rotatable bonds is 2. The molecular formula is C9H12N4O3. The summed E-state index contributed by atoms with van der Waals surface area (Å²) >= 11 is 0. The highest BCUT2D eigenvalue weighted by atomic mass is 16.6. The van der Waals surface area contributed by atoms with Crippen molar-refractivity contribution in [1.82, 2.24) is 5.53 Å². The van der Waals surface area contributed by atoms with Crippen LogP contribution < -0.4 is 16.1 Å². The number of nitro benzene ring substituents is 1. The summed E-state index contributed by atoms with van der Waals surface area (Å²) in [7, 11) is 0. The molecule has 1 aromatic carbocycles. The van der Waals surface area contributed by atoms with E-state index in [4.69, 9.17) is 0 Å². The third-order valence-electron chi connectivity index (χ3n) is 2.68. The van der Waals surface area contributed by atoms with Gasteiger partial charge in [-0.2, -0.15) is 5.17 Å². The van der Waals surface area contributed by atoms with Crippen LogP contribution in [0.5, 0.6) is 0 Å². The first-order chi connectivity index (χ1) is 7.56. The van der Waals surface area contributed by atoms with Gasteiger partial charge in [0.2, 0.25) is 0 Å². The Bertz CT molecular complexity index is 461. The quantitative estimate of drug-likeness (QED) is 0.521. The average Bonchev–Trinajstić information content (AvgIpc) is 2.62. The van der Waals surface area contributed by atoms with Crippen LogP contribution in [0.2, 0.25) is 0 Å². The molecule has 1 aliphatic rings. The van der Waals surface area contributed by atoms with E-state index in [1.807, 2.05) is 6.92 Å². The fourth-order valence-electron chi connectivity index (χ4n) is 1.84. The molecule has 7 nitrogen and oxygen atoms in total. The van der Waals surface area contributed by atoms with Crippen molar-refractivity contribution < 1.29 is 10.1 Å². The fourth-order valence-corrected chi connectivity index (χ4v) is 1.84. The maximum absolute atomic E-state index is 10.9. The first-order valence-corrected chi connectivity index (χ1v) is 4.87. The average molecular weight is 224 g/mol. The van der Waals surface area contributed by atoms with Crippen molar-refractivity contribution in [3.05, 3.63) is 27.3 Å². The van der Waals surface area contributed by atoms with Crippen LogP contribution in [0.3, 0.4) is 0 Å². The van der Waals surface area contributed by atoms with Gasteiger partial charge >= 0.3 is 0 Å². The van der Waals surface area contributed by atoms with E-state index >= 15 is 0 Å². The van der Waals surface area contributed by atoms with Gasteiger partial charge in [0.05, 0.1) is 16.2 Å². The molecule has 0 atom stereocenters. The number of aryl methyl sites for hydroxylation is 1. The summed E-state index contributed by atoms with van der Waals surface area (Å²) in [6.07, 6.45) is 0.645. The zero-order valence-electron chi connectivity index (χ0n) is 8.94. The smallest absolute Gasteiger partial charge is 0.274 e. The molecule has 0 unspecified atom stereocenters. The van der Waals surface area contributed by atoms with Crippen LogP contribution in [0, 0.1) is 17.0 Å². The van der Waals surface area contributed by atoms with E-state index in [1.165, 1.54) is 6.07 Å². The van der Waals surface area contributed by atoms with Crippen molar-refractivity contribution >= 4 is 17.1 Å². The minimum absolute atomic E-state index is 0.0140. The Morgan fingerprint density at radius 2 is 2.31 bits per heavy atom. The first kappa shape index (κ1) is 10.7. The van der Waals surface area contributed by atoms with Gasteiger partial charge in [0.15, 0.2) is 0 Å². The summed E-state index contributed by atoms with van der Waals surface area (Å²) in [5.74, 6) is 0. The van der Waals surface area contributed by atoms with Crippen LogP contribution in [0.4, 0.5) is 17.1 Å². The van der Waals surface area contributed by atoms with Crippen molar-refractivity contribution in [3.8, 4) is 0 Å². The van der Waals surface area contributed by atoms with Crippen LogP contribution >= 0.6 is 0 Å². The maximum Gasteiger partial charge on any atom is 0.274 e. The number of nitrogens with zero attached hydrogens (tertiary/aromatic N) is 2. The topological polar surface area (TPSA) is 90.7 Å². The van der Waals surface area contributed by atoms with Gasteiger partial charge in [0.1, 0.15) is 5.69 Å². The maximum atomic E-state index is 10.9. The monoisotopic (exact) mass is 224 g/mol. The van der Waals surface area contributed by atoms with Gasteiger partial charge < -0.3 is 0 Å². The number of hydrogen-bond acceptors (Lipinski definition) is 6. The van der Waals surface area contributed by atoms with E-state index in [-0.39, 0.29) is 5.69 Å². The summed E-state index contributed by atoms with van der Waals surface area (Å²) in [5.41, 5.74) is 7.59. The molecule has 0 amide bonds. The summed E-state index contributed by atoms with van der Waals surface area (Å²) in [4.78, 5) is 10.4. The molecule has 0 spiro atoms. The third-order valence-corrected chi connectivity index (χ3v) is 2.68. The standard InChI is InChI=1S/C9H12N4O3/c1-3-6-4-7(13(15)16)5(2)9-8(6)10-11-12(9)14/h4,10-11,14H,3H2,1-2H3. The Morgan fingerprint density at radius 3 is 2.88 bits per heavy atom. The predicted molar refractivity (Wildman–Crippen MR) is 58.2 cm³/mol. The van der Waals surface area contributed by atoms with E-state index < -0.39 is 4.92 Å². The molecule has 86 valence electrons. The van der Waals surface area contributed by atoms with Crippen LogP contribution in [-0.4, -0.2) is 10.1 Å². The molecule has 0 fully saturated rings. The van der Waals surface area contributed by atoms with Gasteiger partial charge in [-0.1, -0.05) is 6.92 Å². The summed E-state index contributed by atoms with van der Waals surface area (Å²) in [6, 6.07) is 1.53. The second kappa shape index (κ2) is 3.62. The van der Waals surface area contributed by atoms with Gasteiger partial charge in [-0.25, -0.2) is 0 Å². The van der Waals surface area contributed by atoms with Crippen molar-refractivity contribution in [3.63, 3.8) is 0 Å². The second-order valence-corrected chi connectivity index (χ2v) is 3.56. The Labute approximate surface area is 91.7 Å². The zero-order chi connectivity index (χ0) is 11.9. The van der Waals surface area contributed by atoms with Crippen molar-refractivity contribution in [2.75, 3.05) is 10.6 Å². The molecule has 0 aliphatic carbocycles.